The Labute approximate surface area is 165 Å². The molecule has 0 bridgehead atoms. The van der Waals surface area contributed by atoms with Gasteiger partial charge in [0.15, 0.2) is 5.96 Å². The first-order valence-corrected chi connectivity index (χ1v) is 10.8. The lowest BCUT2D eigenvalue weighted by molar-refractivity contribution is 0.166. The number of nitrogens with one attached hydrogen (secondary N) is 2. The van der Waals surface area contributed by atoms with E-state index in [1.165, 1.54) is 38.5 Å². The van der Waals surface area contributed by atoms with Crippen LogP contribution in [0.3, 0.4) is 0 Å². The van der Waals surface area contributed by atoms with Crippen molar-refractivity contribution in [3.05, 3.63) is 17.3 Å². The molecule has 0 unspecified atom stereocenters. The van der Waals surface area contributed by atoms with Crippen LogP contribution >= 0.6 is 0 Å². The number of hydrogen-bond acceptors (Lipinski definition) is 4. The zero-order valence-corrected chi connectivity index (χ0v) is 17.8. The van der Waals surface area contributed by atoms with Gasteiger partial charge in [0.2, 0.25) is 5.89 Å². The first-order valence-electron chi connectivity index (χ1n) is 10.8. The van der Waals surface area contributed by atoms with Gasteiger partial charge in [0, 0.05) is 19.6 Å². The third-order valence-corrected chi connectivity index (χ3v) is 5.31. The van der Waals surface area contributed by atoms with Crippen LogP contribution in [0.1, 0.15) is 69.7 Å². The van der Waals surface area contributed by atoms with Gasteiger partial charge in [0.25, 0.3) is 0 Å². The first kappa shape index (κ1) is 21.7. The number of aryl methyl sites for hydroxylation is 2. The summed E-state index contributed by atoms with van der Waals surface area (Å²) in [5.74, 6) is 3.43. The van der Waals surface area contributed by atoms with Gasteiger partial charge in [0.1, 0.15) is 5.76 Å². The molecule has 0 saturated carbocycles. The summed E-state index contributed by atoms with van der Waals surface area (Å²) in [5, 5.41) is 6.85. The van der Waals surface area contributed by atoms with Crippen LogP contribution in [-0.4, -0.2) is 48.6 Å². The van der Waals surface area contributed by atoms with Crippen LogP contribution in [0.4, 0.5) is 0 Å². The minimum Gasteiger partial charge on any atom is -0.444 e. The second-order valence-electron chi connectivity index (χ2n) is 7.68. The molecular formula is C21H39N5O. The predicted molar refractivity (Wildman–Crippen MR) is 112 cm³/mol. The summed E-state index contributed by atoms with van der Waals surface area (Å²) in [6, 6.07) is 0. The monoisotopic (exact) mass is 377 g/mol. The maximum atomic E-state index is 5.72. The van der Waals surface area contributed by atoms with Crippen molar-refractivity contribution >= 4 is 5.96 Å². The maximum Gasteiger partial charge on any atom is 0.208 e. The fourth-order valence-corrected chi connectivity index (χ4v) is 3.45. The zero-order valence-electron chi connectivity index (χ0n) is 17.8. The molecule has 0 aliphatic carbocycles. The van der Waals surface area contributed by atoms with Crippen molar-refractivity contribution < 1.29 is 4.42 Å². The van der Waals surface area contributed by atoms with Crippen LogP contribution in [0, 0.1) is 19.8 Å². The van der Waals surface area contributed by atoms with Gasteiger partial charge in [-0.15, -0.1) is 0 Å². The number of hydrogen-bond donors (Lipinski definition) is 2. The molecule has 2 N–H and O–H groups in total. The van der Waals surface area contributed by atoms with Crippen molar-refractivity contribution in [2.75, 3.05) is 32.7 Å². The fourth-order valence-electron chi connectivity index (χ4n) is 3.45. The Morgan fingerprint density at radius 2 is 1.93 bits per heavy atom. The fraction of sp³-hybridized carbons (Fsp3) is 0.810. The van der Waals surface area contributed by atoms with Crippen LogP contribution in [0.5, 0.6) is 0 Å². The highest BCUT2D eigenvalue weighted by molar-refractivity contribution is 5.79. The number of guanidine groups is 1. The van der Waals surface area contributed by atoms with Gasteiger partial charge < -0.3 is 15.1 Å². The van der Waals surface area contributed by atoms with E-state index in [2.05, 4.69) is 34.4 Å². The van der Waals surface area contributed by atoms with Gasteiger partial charge >= 0.3 is 0 Å². The molecule has 1 aliphatic heterocycles. The summed E-state index contributed by atoms with van der Waals surface area (Å²) in [7, 11) is 0. The average molecular weight is 378 g/mol. The van der Waals surface area contributed by atoms with Crippen molar-refractivity contribution in [1.29, 1.82) is 0 Å². The van der Waals surface area contributed by atoms with Crippen LogP contribution in [0.25, 0.3) is 0 Å². The summed E-state index contributed by atoms with van der Waals surface area (Å²) in [6.07, 6.45) is 7.50. The standard InChI is InChI=1S/C21H39N5O/c1-5-7-8-9-12-23-21(22-6-2)24-15-19-10-13-26(14-11-19)16-20-25-17(3)18(4)27-20/h19H,5-16H2,1-4H3,(H2,22,23,24). The van der Waals surface area contributed by atoms with Crippen LogP contribution in [-0.2, 0) is 6.54 Å². The van der Waals surface area contributed by atoms with E-state index in [4.69, 9.17) is 9.41 Å². The van der Waals surface area contributed by atoms with E-state index in [1.54, 1.807) is 0 Å². The average Bonchev–Trinajstić information content (AvgIpc) is 2.97. The lowest BCUT2D eigenvalue weighted by atomic mass is 9.97. The molecule has 1 aromatic heterocycles. The van der Waals surface area contributed by atoms with Crippen molar-refractivity contribution in [1.82, 2.24) is 20.5 Å². The summed E-state index contributed by atoms with van der Waals surface area (Å²) in [6.45, 7) is 14.2. The third-order valence-electron chi connectivity index (χ3n) is 5.31. The highest BCUT2D eigenvalue weighted by Crippen LogP contribution is 2.20. The number of piperidine rings is 1. The highest BCUT2D eigenvalue weighted by atomic mass is 16.4. The Bertz CT molecular complexity index is 541. The van der Waals surface area contributed by atoms with Crippen molar-refractivity contribution in [3.63, 3.8) is 0 Å². The van der Waals surface area contributed by atoms with Crippen molar-refractivity contribution in [3.8, 4) is 0 Å². The topological polar surface area (TPSA) is 65.7 Å². The summed E-state index contributed by atoms with van der Waals surface area (Å²) in [4.78, 5) is 11.8. The number of aromatic nitrogens is 1. The van der Waals surface area contributed by atoms with E-state index in [0.29, 0.717) is 5.92 Å². The van der Waals surface area contributed by atoms with Crippen molar-refractivity contribution in [2.45, 2.75) is 72.8 Å². The Balaban J connectivity index is 1.69. The van der Waals surface area contributed by atoms with Crippen molar-refractivity contribution in [2.24, 2.45) is 10.9 Å². The minimum absolute atomic E-state index is 0.671. The number of aliphatic imine (C=N–C) groups is 1. The Morgan fingerprint density at radius 3 is 2.56 bits per heavy atom. The van der Waals surface area contributed by atoms with Gasteiger partial charge in [-0.3, -0.25) is 9.89 Å². The number of likely N-dealkylation sites (tertiary alicyclic amines) is 1. The van der Waals surface area contributed by atoms with Gasteiger partial charge in [-0.2, -0.15) is 0 Å². The molecule has 2 heterocycles. The van der Waals surface area contributed by atoms with Gasteiger partial charge in [-0.05, 0) is 59.0 Å². The maximum absolute atomic E-state index is 5.72. The van der Waals surface area contributed by atoms with E-state index in [9.17, 15) is 0 Å². The van der Waals surface area contributed by atoms with Gasteiger partial charge in [0.05, 0.1) is 12.2 Å². The molecule has 1 fully saturated rings. The molecule has 0 radical (unpaired) electrons. The zero-order chi connectivity index (χ0) is 19.5. The van der Waals surface area contributed by atoms with E-state index in [1.807, 2.05) is 13.8 Å². The second kappa shape index (κ2) is 12.0. The predicted octanol–water partition coefficient (Wildman–Crippen LogP) is 3.64. The molecule has 0 amide bonds. The molecule has 154 valence electrons. The first-order chi connectivity index (χ1) is 13.1. The van der Waals surface area contributed by atoms with E-state index < -0.39 is 0 Å². The Kier molecular flexibility index (Phi) is 9.67. The minimum atomic E-state index is 0.671. The van der Waals surface area contributed by atoms with Crippen LogP contribution < -0.4 is 10.6 Å². The molecule has 1 aromatic rings. The quantitative estimate of drug-likeness (QED) is 0.370. The van der Waals surface area contributed by atoms with Gasteiger partial charge in [-0.1, -0.05) is 26.2 Å². The number of rotatable bonds is 10. The summed E-state index contributed by atoms with van der Waals surface area (Å²) in [5.41, 5.74) is 1.01. The van der Waals surface area contributed by atoms with E-state index >= 15 is 0 Å². The summed E-state index contributed by atoms with van der Waals surface area (Å²) >= 11 is 0. The molecular weight excluding hydrogens is 338 g/mol. The van der Waals surface area contributed by atoms with E-state index in [0.717, 1.165) is 62.6 Å². The largest absolute Gasteiger partial charge is 0.444 e. The number of nitrogens with zero attached hydrogens (tertiary/aromatic N) is 3. The Morgan fingerprint density at radius 1 is 1.15 bits per heavy atom. The molecule has 0 atom stereocenters. The molecule has 27 heavy (non-hydrogen) atoms. The Hall–Kier alpha value is -1.56. The van der Waals surface area contributed by atoms with Crippen LogP contribution in [0.15, 0.2) is 9.41 Å². The normalized spacial score (nSPS) is 16.7. The highest BCUT2D eigenvalue weighted by Gasteiger charge is 2.20. The van der Waals surface area contributed by atoms with E-state index in [-0.39, 0.29) is 0 Å². The van der Waals surface area contributed by atoms with Gasteiger partial charge in [-0.25, -0.2) is 4.98 Å². The summed E-state index contributed by atoms with van der Waals surface area (Å²) < 4.78 is 5.72. The number of oxazole rings is 1. The molecule has 2 rings (SSSR count). The second-order valence-corrected chi connectivity index (χ2v) is 7.68. The number of unbranched alkanes of at least 4 members (excludes halogenated alkanes) is 3. The SMILES string of the molecule is CCCCCCNC(=NCC1CCN(Cc2nc(C)c(C)o2)CC1)NCC. The van der Waals surface area contributed by atoms with Crippen LogP contribution in [0.2, 0.25) is 0 Å². The molecule has 0 aromatic carbocycles. The lowest BCUT2D eigenvalue weighted by Crippen LogP contribution is -2.39. The smallest absolute Gasteiger partial charge is 0.208 e. The molecule has 1 saturated heterocycles. The molecule has 0 spiro atoms. The lowest BCUT2D eigenvalue weighted by Gasteiger charge is -2.30. The molecule has 1 aliphatic rings. The third kappa shape index (κ3) is 7.91. The molecule has 6 heteroatoms. The molecule has 6 nitrogen and oxygen atoms in total.